The highest BCUT2D eigenvalue weighted by Gasteiger charge is 2.28. The summed E-state index contributed by atoms with van der Waals surface area (Å²) in [7, 11) is 5.30. The van der Waals surface area contributed by atoms with Crippen molar-refractivity contribution < 1.29 is 13.9 Å². The summed E-state index contributed by atoms with van der Waals surface area (Å²) >= 11 is 0. The zero-order valence-corrected chi connectivity index (χ0v) is 16.7. The number of carbonyl (C=O) groups is 1. The molecule has 2 heterocycles. The Morgan fingerprint density at radius 3 is 2.59 bits per heavy atom. The minimum atomic E-state index is -0.516. The highest BCUT2D eigenvalue weighted by atomic mass is 16.5. The molecule has 2 aromatic heterocycles. The number of para-hydroxylation sites is 1. The molecule has 6 heteroatoms. The fourth-order valence-corrected chi connectivity index (χ4v) is 3.48. The summed E-state index contributed by atoms with van der Waals surface area (Å²) in [5, 5.41) is 0.963. The van der Waals surface area contributed by atoms with Gasteiger partial charge in [-0.1, -0.05) is 48.5 Å². The van der Waals surface area contributed by atoms with E-state index in [9.17, 15) is 4.79 Å². The third-order valence-corrected chi connectivity index (χ3v) is 5.04. The van der Waals surface area contributed by atoms with Crippen LogP contribution in [0.2, 0.25) is 0 Å². The zero-order valence-electron chi connectivity index (χ0n) is 16.7. The van der Waals surface area contributed by atoms with E-state index in [2.05, 4.69) is 22.1 Å². The van der Waals surface area contributed by atoms with Crippen LogP contribution in [-0.4, -0.2) is 42.0 Å². The minimum absolute atomic E-state index is 0.125. The van der Waals surface area contributed by atoms with Gasteiger partial charge in [-0.15, -0.1) is 0 Å². The minimum Gasteiger partial charge on any atom is -0.464 e. The van der Waals surface area contributed by atoms with Gasteiger partial charge in [0.25, 0.3) is 0 Å². The number of nitrogens with zero attached hydrogens (tertiary/aromatic N) is 2. The predicted molar refractivity (Wildman–Crippen MR) is 112 cm³/mol. The molecule has 4 rings (SSSR count). The van der Waals surface area contributed by atoms with Crippen molar-refractivity contribution in [1.82, 2.24) is 14.9 Å². The number of fused-ring (bicyclic) bond motifs is 1. The second-order valence-corrected chi connectivity index (χ2v) is 7.14. The molecule has 148 valence electrons. The number of hydrogen-bond donors (Lipinski definition) is 1. The normalized spacial score (nSPS) is 12.4. The van der Waals surface area contributed by atoms with E-state index in [1.807, 2.05) is 67.7 Å². The van der Waals surface area contributed by atoms with Gasteiger partial charge in [0.15, 0.2) is 11.5 Å². The van der Waals surface area contributed by atoms with Gasteiger partial charge in [0.1, 0.15) is 0 Å². The molecule has 0 radical (unpaired) electrons. The van der Waals surface area contributed by atoms with Gasteiger partial charge in [-0.05, 0) is 32.1 Å². The smallest absolute Gasteiger partial charge is 0.360 e. The van der Waals surface area contributed by atoms with Gasteiger partial charge >= 0.3 is 5.97 Å². The second kappa shape index (κ2) is 7.93. The van der Waals surface area contributed by atoms with Crippen LogP contribution in [0.25, 0.3) is 22.2 Å². The van der Waals surface area contributed by atoms with Crippen molar-refractivity contribution in [2.45, 2.75) is 12.5 Å². The van der Waals surface area contributed by atoms with E-state index in [-0.39, 0.29) is 11.7 Å². The Hall–Kier alpha value is -3.38. The molecular weight excluding hydrogens is 366 g/mol. The van der Waals surface area contributed by atoms with Crippen LogP contribution < -0.4 is 0 Å². The lowest BCUT2D eigenvalue weighted by Crippen LogP contribution is -2.22. The van der Waals surface area contributed by atoms with Gasteiger partial charge in [0.05, 0.1) is 13.2 Å². The molecule has 1 atom stereocenters. The fourth-order valence-electron chi connectivity index (χ4n) is 3.48. The zero-order chi connectivity index (χ0) is 20.4. The molecule has 0 saturated carbocycles. The molecule has 0 fully saturated rings. The van der Waals surface area contributed by atoms with Crippen LogP contribution in [0.5, 0.6) is 0 Å². The molecule has 0 aliphatic rings. The van der Waals surface area contributed by atoms with E-state index in [1.165, 1.54) is 7.11 Å². The van der Waals surface area contributed by atoms with Gasteiger partial charge in [0.2, 0.25) is 5.89 Å². The van der Waals surface area contributed by atoms with Crippen molar-refractivity contribution in [3.05, 3.63) is 77.9 Å². The van der Waals surface area contributed by atoms with Crippen LogP contribution in [0.1, 0.15) is 28.0 Å². The number of methoxy groups -OCH3 is 1. The Morgan fingerprint density at radius 1 is 1.14 bits per heavy atom. The fraction of sp³-hybridized carbons (Fsp3) is 0.217. The first-order valence-corrected chi connectivity index (χ1v) is 9.44. The van der Waals surface area contributed by atoms with E-state index in [0.29, 0.717) is 18.1 Å². The summed E-state index contributed by atoms with van der Waals surface area (Å²) in [5.41, 5.74) is 3.10. The molecule has 29 heavy (non-hydrogen) atoms. The number of esters is 1. The van der Waals surface area contributed by atoms with Crippen molar-refractivity contribution in [2.75, 3.05) is 21.2 Å². The molecule has 0 bridgehead atoms. The molecule has 2 aromatic carbocycles. The van der Waals surface area contributed by atoms with Gasteiger partial charge < -0.3 is 14.1 Å². The molecule has 0 spiro atoms. The number of H-pyrrole nitrogens is 1. The first kappa shape index (κ1) is 19.0. The molecule has 1 N–H and O–H groups in total. The molecule has 0 aliphatic heterocycles. The summed E-state index contributed by atoms with van der Waals surface area (Å²) in [6.45, 7) is 0. The average Bonchev–Trinajstić information content (AvgIpc) is 3.36. The van der Waals surface area contributed by atoms with Crippen LogP contribution in [0, 0.1) is 0 Å². The predicted octanol–water partition coefficient (Wildman–Crippen LogP) is 4.45. The van der Waals surface area contributed by atoms with Crippen LogP contribution >= 0.6 is 0 Å². The van der Waals surface area contributed by atoms with E-state index in [4.69, 9.17) is 9.15 Å². The monoisotopic (exact) mass is 389 g/mol. The Bertz CT molecular complexity index is 1130. The van der Waals surface area contributed by atoms with E-state index in [1.54, 1.807) is 0 Å². The first-order chi connectivity index (χ1) is 14.1. The number of ether oxygens (including phenoxy) is 1. The van der Waals surface area contributed by atoms with Crippen LogP contribution in [0.3, 0.4) is 0 Å². The number of benzene rings is 2. The number of nitrogens with one attached hydrogen (secondary N) is 1. The number of aromatic amines is 1. The first-order valence-electron chi connectivity index (χ1n) is 9.44. The SMILES string of the molecule is COC(=O)c1nc([C@H](Cc2ccccc2)N(C)C)oc1-c1c[nH]c2ccccc12. The number of rotatable bonds is 6. The van der Waals surface area contributed by atoms with Crippen molar-refractivity contribution in [3.8, 4) is 11.3 Å². The van der Waals surface area contributed by atoms with Crippen LogP contribution in [-0.2, 0) is 11.2 Å². The molecule has 0 saturated heterocycles. The summed E-state index contributed by atoms with van der Waals surface area (Å²) in [6, 6.07) is 17.9. The second-order valence-electron chi connectivity index (χ2n) is 7.14. The number of aromatic nitrogens is 2. The number of carbonyl (C=O) groups excluding carboxylic acids is 1. The van der Waals surface area contributed by atoms with Gasteiger partial charge in [-0.3, -0.25) is 4.90 Å². The molecule has 4 aromatic rings. The van der Waals surface area contributed by atoms with Gasteiger partial charge in [-0.25, -0.2) is 9.78 Å². The van der Waals surface area contributed by atoms with E-state index < -0.39 is 5.97 Å². The molecule has 0 amide bonds. The maximum absolute atomic E-state index is 12.5. The Morgan fingerprint density at radius 2 is 1.86 bits per heavy atom. The van der Waals surface area contributed by atoms with Gasteiger partial charge in [-0.2, -0.15) is 0 Å². The van der Waals surface area contributed by atoms with Crippen molar-refractivity contribution >= 4 is 16.9 Å². The maximum Gasteiger partial charge on any atom is 0.360 e. The van der Waals surface area contributed by atoms with Crippen LogP contribution in [0.15, 0.2) is 65.2 Å². The summed E-state index contributed by atoms with van der Waals surface area (Å²) < 4.78 is 11.2. The highest BCUT2D eigenvalue weighted by molar-refractivity contribution is 6.00. The average molecular weight is 389 g/mol. The highest BCUT2D eigenvalue weighted by Crippen LogP contribution is 2.35. The number of oxazole rings is 1. The van der Waals surface area contributed by atoms with E-state index >= 15 is 0 Å². The Kier molecular flexibility index (Phi) is 5.18. The van der Waals surface area contributed by atoms with Crippen molar-refractivity contribution in [2.24, 2.45) is 0 Å². The molecule has 0 aliphatic carbocycles. The maximum atomic E-state index is 12.5. The standard InChI is InChI=1S/C23H23N3O3/c1-26(2)19(13-15-9-5-4-6-10-15)22-25-20(23(27)28-3)21(29-22)17-14-24-18-12-8-7-11-16(17)18/h4-12,14,19,24H,13H2,1-3H3/t19-/m0/s1. The quantitative estimate of drug-likeness (QED) is 0.493. The molecule has 0 unspecified atom stereocenters. The summed E-state index contributed by atoms with van der Waals surface area (Å²) in [6.07, 6.45) is 2.55. The third kappa shape index (κ3) is 3.67. The Balaban J connectivity index is 1.81. The lowest BCUT2D eigenvalue weighted by molar-refractivity contribution is 0.0595. The molecular formula is C23H23N3O3. The van der Waals surface area contributed by atoms with Gasteiger partial charge in [0, 0.05) is 22.7 Å². The lowest BCUT2D eigenvalue weighted by Gasteiger charge is -2.21. The third-order valence-electron chi connectivity index (χ3n) is 5.04. The summed E-state index contributed by atoms with van der Waals surface area (Å²) in [5.74, 6) is 0.390. The number of hydrogen-bond acceptors (Lipinski definition) is 5. The van der Waals surface area contributed by atoms with Crippen molar-refractivity contribution in [1.29, 1.82) is 0 Å². The Labute approximate surface area is 169 Å². The largest absolute Gasteiger partial charge is 0.464 e. The molecule has 6 nitrogen and oxygen atoms in total. The van der Waals surface area contributed by atoms with E-state index in [0.717, 1.165) is 22.0 Å². The number of likely N-dealkylation sites (N-methyl/N-ethyl adjacent to an activating group) is 1. The lowest BCUT2D eigenvalue weighted by atomic mass is 10.1. The van der Waals surface area contributed by atoms with Crippen molar-refractivity contribution in [3.63, 3.8) is 0 Å². The van der Waals surface area contributed by atoms with Crippen LogP contribution in [0.4, 0.5) is 0 Å². The summed E-state index contributed by atoms with van der Waals surface area (Å²) in [4.78, 5) is 22.3. The topological polar surface area (TPSA) is 71.4 Å².